The summed E-state index contributed by atoms with van der Waals surface area (Å²) in [7, 11) is 0. The van der Waals surface area contributed by atoms with E-state index >= 15 is 0 Å². The van der Waals surface area contributed by atoms with Crippen LogP contribution in [0.2, 0.25) is 0 Å². The van der Waals surface area contributed by atoms with Gasteiger partial charge in [-0.1, -0.05) is 0 Å². The Morgan fingerprint density at radius 1 is 1.25 bits per heavy atom. The van der Waals surface area contributed by atoms with Gasteiger partial charge in [-0.25, -0.2) is 5.48 Å². The van der Waals surface area contributed by atoms with E-state index in [0.29, 0.717) is 0 Å². The second-order valence-corrected chi connectivity index (χ2v) is 2.28. The number of nitrogens with zero attached hydrogens (tertiary/aromatic N) is 2. The maximum atomic E-state index is 11.8. The minimum atomic E-state index is -5.67. The van der Waals surface area contributed by atoms with Crippen molar-refractivity contribution in [3.05, 3.63) is 0 Å². The number of halogens is 6. The molecule has 0 spiro atoms. The summed E-state index contributed by atoms with van der Waals surface area (Å²) in [6, 6.07) is 0. The van der Waals surface area contributed by atoms with Gasteiger partial charge < -0.3 is 5.73 Å². The number of hydroxylamine groups is 1. The highest BCUT2D eigenvalue weighted by molar-refractivity contribution is 5.77. The molecule has 0 heterocycles. The molecule has 0 saturated heterocycles. The second-order valence-electron chi connectivity index (χ2n) is 2.28. The van der Waals surface area contributed by atoms with Gasteiger partial charge in [-0.3, -0.25) is 4.84 Å². The molecule has 0 fully saturated rings. The summed E-state index contributed by atoms with van der Waals surface area (Å²) >= 11 is 0. The van der Waals surface area contributed by atoms with E-state index < -0.39 is 24.4 Å². The standard InChI is InChI=1S/C5H4F6N4O/c6-4(7,8)2(5(9,10)11)16-15-3(13)14-1-12/h2H,(H3,13,14,15). The number of hydrogen-bond acceptors (Lipinski definition) is 3. The van der Waals surface area contributed by atoms with E-state index in [1.54, 1.807) is 0 Å². The summed E-state index contributed by atoms with van der Waals surface area (Å²) in [6.45, 7) is 0. The number of nitrogens with two attached hydrogens (primary N) is 1. The summed E-state index contributed by atoms with van der Waals surface area (Å²) in [5.41, 5.74) is 5.74. The van der Waals surface area contributed by atoms with Crippen molar-refractivity contribution in [1.82, 2.24) is 5.48 Å². The molecule has 0 aliphatic rings. The zero-order valence-corrected chi connectivity index (χ0v) is 7.23. The number of nitrogens with one attached hydrogen (secondary N) is 1. The van der Waals surface area contributed by atoms with Gasteiger partial charge in [-0.05, 0) is 0 Å². The predicted octanol–water partition coefficient (Wildman–Crippen LogP) is 0.797. The summed E-state index contributed by atoms with van der Waals surface area (Å²) in [4.78, 5) is 5.87. The molecule has 0 aromatic rings. The summed E-state index contributed by atoms with van der Waals surface area (Å²) in [5.74, 6) is -1.03. The Hall–Kier alpha value is -1.70. The molecule has 0 radical (unpaired) electrons. The fourth-order valence-corrected chi connectivity index (χ4v) is 0.515. The lowest BCUT2D eigenvalue weighted by Crippen LogP contribution is -2.49. The van der Waals surface area contributed by atoms with E-state index in [-0.39, 0.29) is 0 Å². The Bertz CT molecular complexity index is 288. The van der Waals surface area contributed by atoms with Gasteiger partial charge in [0.1, 0.15) is 0 Å². The normalized spacial score (nSPS) is 13.8. The number of nitriles is 1. The summed E-state index contributed by atoms with van der Waals surface area (Å²) in [5, 5.41) is 7.86. The number of hydrogen-bond donors (Lipinski definition) is 2. The van der Waals surface area contributed by atoms with Crippen molar-refractivity contribution < 1.29 is 31.2 Å². The van der Waals surface area contributed by atoms with Crippen LogP contribution in [-0.2, 0) is 4.84 Å². The van der Waals surface area contributed by atoms with E-state index in [2.05, 4.69) is 15.6 Å². The van der Waals surface area contributed by atoms with E-state index in [0.717, 1.165) is 11.7 Å². The van der Waals surface area contributed by atoms with Crippen LogP contribution in [0.1, 0.15) is 0 Å². The number of alkyl halides is 6. The molecule has 5 nitrogen and oxygen atoms in total. The third-order valence-electron chi connectivity index (χ3n) is 1.05. The smallest absolute Gasteiger partial charge is 0.367 e. The second kappa shape index (κ2) is 4.88. The molecule has 0 aromatic heterocycles. The fourth-order valence-electron chi connectivity index (χ4n) is 0.515. The monoisotopic (exact) mass is 250 g/mol. The number of rotatable bonds is 2. The van der Waals surface area contributed by atoms with Crippen molar-refractivity contribution in [3.63, 3.8) is 0 Å². The average molecular weight is 250 g/mol. The van der Waals surface area contributed by atoms with Crippen LogP contribution in [0.25, 0.3) is 0 Å². The minimum Gasteiger partial charge on any atom is -0.367 e. The third-order valence-corrected chi connectivity index (χ3v) is 1.05. The van der Waals surface area contributed by atoms with Gasteiger partial charge in [-0.15, -0.1) is 4.99 Å². The van der Waals surface area contributed by atoms with Crippen LogP contribution in [0, 0.1) is 11.5 Å². The zero-order valence-electron chi connectivity index (χ0n) is 7.23. The molecule has 0 saturated carbocycles. The molecular weight excluding hydrogens is 246 g/mol. The Kier molecular flexibility index (Phi) is 4.36. The van der Waals surface area contributed by atoms with Gasteiger partial charge >= 0.3 is 12.4 Å². The van der Waals surface area contributed by atoms with Crippen LogP contribution in [0.5, 0.6) is 0 Å². The van der Waals surface area contributed by atoms with Crippen molar-refractivity contribution >= 4 is 5.96 Å². The molecule has 0 amide bonds. The molecule has 0 aromatic carbocycles. The van der Waals surface area contributed by atoms with Crippen LogP contribution in [0.15, 0.2) is 4.99 Å². The van der Waals surface area contributed by atoms with Gasteiger partial charge in [0.05, 0.1) is 0 Å². The number of aliphatic imine (C=N–C) groups is 1. The van der Waals surface area contributed by atoms with Crippen molar-refractivity contribution in [3.8, 4) is 6.19 Å². The zero-order chi connectivity index (χ0) is 13.0. The van der Waals surface area contributed by atoms with Gasteiger partial charge in [0, 0.05) is 0 Å². The van der Waals surface area contributed by atoms with E-state index in [1.807, 2.05) is 0 Å². The number of guanidine groups is 1. The first-order valence-electron chi connectivity index (χ1n) is 3.36. The lowest BCUT2D eigenvalue weighted by molar-refractivity contribution is -0.330. The summed E-state index contributed by atoms with van der Waals surface area (Å²) < 4.78 is 70.9. The molecule has 0 aliphatic heterocycles. The SMILES string of the molecule is N#CN=C(N)NOC(C(F)(F)F)C(F)(F)F. The van der Waals surface area contributed by atoms with Crippen molar-refractivity contribution in [2.75, 3.05) is 0 Å². The van der Waals surface area contributed by atoms with Crippen molar-refractivity contribution in [2.45, 2.75) is 18.5 Å². The highest BCUT2D eigenvalue weighted by Gasteiger charge is 2.58. The van der Waals surface area contributed by atoms with Crippen LogP contribution in [0.4, 0.5) is 26.3 Å². The fraction of sp³-hybridized carbons (Fsp3) is 0.600. The van der Waals surface area contributed by atoms with E-state index in [4.69, 9.17) is 5.26 Å². The molecule has 3 N–H and O–H groups in total. The molecule has 16 heavy (non-hydrogen) atoms. The summed E-state index contributed by atoms with van der Waals surface area (Å²) in [6.07, 6.45) is -14.4. The molecule has 92 valence electrons. The Morgan fingerprint density at radius 2 is 1.69 bits per heavy atom. The van der Waals surface area contributed by atoms with Crippen molar-refractivity contribution in [2.24, 2.45) is 10.7 Å². The molecular formula is C5H4F6N4O. The van der Waals surface area contributed by atoms with Gasteiger partial charge in [0.25, 0.3) is 6.10 Å². The first kappa shape index (κ1) is 14.3. The average Bonchev–Trinajstić information content (AvgIpc) is 1.99. The van der Waals surface area contributed by atoms with Crippen LogP contribution in [-0.4, -0.2) is 24.4 Å². The third kappa shape index (κ3) is 4.69. The molecule has 0 atom stereocenters. The lowest BCUT2D eigenvalue weighted by atomic mass is 10.3. The molecule has 0 bridgehead atoms. The van der Waals surface area contributed by atoms with Crippen molar-refractivity contribution in [1.29, 1.82) is 5.26 Å². The Balaban J connectivity index is 4.62. The highest BCUT2D eigenvalue weighted by Crippen LogP contribution is 2.34. The highest BCUT2D eigenvalue weighted by atomic mass is 19.4. The topological polar surface area (TPSA) is 83.4 Å². The minimum absolute atomic E-state index is 1.03. The maximum Gasteiger partial charge on any atom is 0.426 e. The molecule has 0 rings (SSSR count). The van der Waals surface area contributed by atoms with E-state index in [1.165, 1.54) is 0 Å². The quantitative estimate of drug-likeness (QED) is 0.249. The first-order valence-corrected chi connectivity index (χ1v) is 3.36. The van der Waals surface area contributed by atoms with Crippen LogP contribution < -0.4 is 11.2 Å². The van der Waals surface area contributed by atoms with E-state index in [9.17, 15) is 26.3 Å². The molecule has 0 aliphatic carbocycles. The molecule has 11 heteroatoms. The Morgan fingerprint density at radius 3 is 2.00 bits per heavy atom. The first-order chi connectivity index (χ1) is 7.09. The lowest BCUT2D eigenvalue weighted by Gasteiger charge is -2.22. The molecule has 0 unspecified atom stereocenters. The van der Waals surface area contributed by atoms with Gasteiger partial charge in [-0.2, -0.15) is 31.6 Å². The van der Waals surface area contributed by atoms with Crippen LogP contribution in [0.3, 0.4) is 0 Å². The maximum absolute atomic E-state index is 11.8. The van der Waals surface area contributed by atoms with Gasteiger partial charge in [0.2, 0.25) is 12.2 Å². The van der Waals surface area contributed by atoms with Crippen LogP contribution >= 0.6 is 0 Å². The Labute approximate surface area is 84.4 Å². The predicted molar refractivity (Wildman–Crippen MR) is 37.4 cm³/mol. The largest absolute Gasteiger partial charge is 0.426 e. The van der Waals surface area contributed by atoms with Gasteiger partial charge in [0.15, 0.2) is 0 Å².